The van der Waals surface area contributed by atoms with Gasteiger partial charge < -0.3 is 10.1 Å². The SMILES string of the molecule is CCn1ncc2ccc(NC(=O)[C@@H]3Cc4ccccc4O3)cc21. The van der Waals surface area contributed by atoms with Gasteiger partial charge in [-0.25, -0.2) is 0 Å². The number of hydrogen-bond donors (Lipinski definition) is 1. The number of nitrogens with zero attached hydrogens (tertiary/aromatic N) is 2. The lowest BCUT2D eigenvalue weighted by molar-refractivity contribution is -0.122. The van der Waals surface area contributed by atoms with Crippen molar-refractivity contribution >= 4 is 22.5 Å². The standard InChI is InChI=1S/C18H17N3O2/c1-2-21-15-10-14(8-7-13(15)11-19-21)20-18(22)17-9-12-5-3-4-6-16(12)23-17/h3-8,10-11,17H,2,9H2,1H3,(H,20,22)/t17-/m0/s1. The van der Waals surface area contributed by atoms with Gasteiger partial charge in [-0.2, -0.15) is 5.10 Å². The van der Waals surface area contributed by atoms with Crippen LogP contribution >= 0.6 is 0 Å². The Bertz CT molecular complexity index is 860. The molecule has 0 radical (unpaired) electrons. The lowest BCUT2D eigenvalue weighted by Gasteiger charge is -2.11. The number of aromatic nitrogens is 2. The summed E-state index contributed by atoms with van der Waals surface area (Å²) in [5, 5.41) is 8.33. The number of fused-ring (bicyclic) bond motifs is 2. The van der Waals surface area contributed by atoms with Gasteiger partial charge in [0.2, 0.25) is 0 Å². The summed E-state index contributed by atoms with van der Waals surface area (Å²) in [4.78, 5) is 12.5. The van der Waals surface area contributed by atoms with Crippen LogP contribution in [0.1, 0.15) is 12.5 Å². The molecule has 3 aromatic rings. The molecule has 1 atom stereocenters. The van der Waals surface area contributed by atoms with Gasteiger partial charge in [0.05, 0.1) is 11.7 Å². The fourth-order valence-corrected chi connectivity index (χ4v) is 2.95. The van der Waals surface area contributed by atoms with E-state index in [1.807, 2.05) is 60.3 Å². The van der Waals surface area contributed by atoms with Crippen molar-refractivity contribution in [1.82, 2.24) is 9.78 Å². The third-order valence-corrected chi connectivity index (χ3v) is 4.15. The van der Waals surface area contributed by atoms with E-state index in [4.69, 9.17) is 4.74 Å². The Morgan fingerprint density at radius 1 is 1.35 bits per heavy atom. The maximum Gasteiger partial charge on any atom is 0.265 e. The summed E-state index contributed by atoms with van der Waals surface area (Å²) in [7, 11) is 0. The topological polar surface area (TPSA) is 56.2 Å². The first kappa shape index (κ1) is 13.8. The molecule has 1 amide bonds. The summed E-state index contributed by atoms with van der Waals surface area (Å²) < 4.78 is 7.64. The molecular formula is C18H17N3O2. The van der Waals surface area contributed by atoms with E-state index in [0.29, 0.717) is 6.42 Å². The second kappa shape index (κ2) is 5.43. The maximum atomic E-state index is 12.5. The number of ether oxygens (including phenoxy) is 1. The van der Waals surface area contributed by atoms with Gasteiger partial charge in [-0.3, -0.25) is 9.48 Å². The van der Waals surface area contributed by atoms with Gasteiger partial charge in [-0.05, 0) is 36.8 Å². The highest BCUT2D eigenvalue weighted by Crippen LogP contribution is 2.29. The second-order valence-electron chi connectivity index (χ2n) is 5.64. The van der Waals surface area contributed by atoms with Crippen molar-refractivity contribution in [3.05, 3.63) is 54.2 Å². The van der Waals surface area contributed by atoms with E-state index < -0.39 is 6.10 Å². The van der Waals surface area contributed by atoms with Gasteiger partial charge >= 0.3 is 0 Å². The zero-order chi connectivity index (χ0) is 15.8. The largest absolute Gasteiger partial charge is 0.480 e. The highest BCUT2D eigenvalue weighted by molar-refractivity contribution is 5.97. The van der Waals surface area contributed by atoms with Gasteiger partial charge in [0.25, 0.3) is 5.91 Å². The number of amides is 1. The molecule has 1 aromatic heterocycles. The van der Waals surface area contributed by atoms with E-state index >= 15 is 0 Å². The Balaban J connectivity index is 1.53. The van der Waals surface area contributed by atoms with Crippen LogP contribution in [-0.4, -0.2) is 21.8 Å². The molecule has 0 bridgehead atoms. The number of anilines is 1. The van der Waals surface area contributed by atoms with Gasteiger partial charge in [0, 0.05) is 24.0 Å². The summed E-state index contributed by atoms with van der Waals surface area (Å²) in [6, 6.07) is 13.6. The van der Waals surface area contributed by atoms with Gasteiger partial charge in [0.1, 0.15) is 5.75 Å². The molecule has 0 fully saturated rings. The molecule has 0 saturated heterocycles. The van der Waals surface area contributed by atoms with Gasteiger partial charge in [-0.15, -0.1) is 0 Å². The smallest absolute Gasteiger partial charge is 0.265 e. The molecule has 1 aliphatic heterocycles. The Hall–Kier alpha value is -2.82. The molecule has 1 N–H and O–H groups in total. The first-order valence-corrected chi connectivity index (χ1v) is 7.75. The average molecular weight is 307 g/mol. The van der Waals surface area contributed by atoms with E-state index in [1.54, 1.807) is 0 Å². The van der Waals surface area contributed by atoms with Crippen LogP contribution in [0.2, 0.25) is 0 Å². The summed E-state index contributed by atoms with van der Waals surface area (Å²) >= 11 is 0. The van der Waals surface area contributed by atoms with Gasteiger partial charge in [-0.1, -0.05) is 18.2 Å². The number of carbonyl (C=O) groups is 1. The van der Waals surface area contributed by atoms with Crippen LogP contribution in [-0.2, 0) is 17.8 Å². The van der Waals surface area contributed by atoms with E-state index in [9.17, 15) is 4.79 Å². The normalized spacial score (nSPS) is 16.1. The molecule has 0 spiro atoms. The fourth-order valence-electron chi connectivity index (χ4n) is 2.95. The van der Waals surface area contributed by atoms with E-state index in [2.05, 4.69) is 10.4 Å². The Kier molecular flexibility index (Phi) is 3.26. The minimum atomic E-state index is -0.473. The molecule has 5 nitrogen and oxygen atoms in total. The molecule has 0 saturated carbocycles. The molecule has 2 aromatic carbocycles. The van der Waals surface area contributed by atoms with Crippen LogP contribution in [0.15, 0.2) is 48.7 Å². The molecule has 4 rings (SSSR count). The fraction of sp³-hybridized carbons (Fsp3) is 0.222. The van der Waals surface area contributed by atoms with Crippen molar-refractivity contribution in [2.75, 3.05) is 5.32 Å². The third-order valence-electron chi connectivity index (χ3n) is 4.15. The molecule has 0 unspecified atom stereocenters. The monoisotopic (exact) mass is 307 g/mol. The van der Waals surface area contributed by atoms with Crippen molar-refractivity contribution in [2.45, 2.75) is 26.0 Å². The number of aryl methyl sites for hydroxylation is 1. The summed E-state index contributed by atoms with van der Waals surface area (Å²) in [6.45, 7) is 2.84. The van der Waals surface area contributed by atoms with Crippen molar-refractivity contribution in [3.63, 3.8) is 0 Å². The number of para-hydroxylation sites is 1. The highest BCUT2D eigenvalue weighted by Gasteiger charge is 2.28. The number of hydrogen-bond acceptors (Lipinski definition) is 3. The summed E-state index contributed by atoms with van der Waals surface area (Å²) in [5.41, 5.74) is 2.85. The molecular weight excluding hydrogens is 290 g/mol. The van der Waals surface area contributed by atoms with Crippen molar-refractivity contribution in [1.29, 1.82) is 0 Å². The third kappa shape index (κ3) is 2.44. The molecule has 5 heteroatoms. The van der Waals surface area contributed by atoms with Crippen LogP contribution < -0.4 is 10.1 Å². The Labute approximate surface area is 133 Å². The molecule has 2 heterocycles. The van der Waals surface area contributed by atoms with Gasteiger partial charge in [0.15, 0.2) is 6.10 Å². The predicted molar refractivity (Wildman–Crippen MR) is 88.6 cm³/mol. The molecule has 23 heavy (non-hydrogen) atoms. The summed E-state index contributed by atoms with van der Waals surface area (Å²) in [6.07, 6.45) is 1.97. The lowest BCUT2D eigenvalue weighted by Crippen LogP contribution is -2.31. The lowest BCUT2D eigenvalue weighted by atomic mass is 10.1. The number of rotatable bonds is 3. The molecule has 1 aliphatic rings. The minimum absolute atomic E-state index is 0.122. The first-order valence-electron chi connectivity index (χ1n) is 7.75. The first-order chi connectivity index (χ1) is 11.2. The van der Waals surface area contributed by atoms with Crippen molar-refractivity contribution in [2.24, 2.45) is 0 Å². The number of carbonyl (C=O) groups excluding carboxylic acids is 1. The van der Waals surface area contributed by atoms with E-state index in [0.717, 1.165) is 34.4 Å². The van der Waals surface area contributed by atoms with E-state index in [1.165, 1.54) is 0 Å². The zero-order valence-electron chi connectivity index (χ0n) is 12.8. The zero-order valence-corrected chi connectivity index (χ0v) is 12.8. The predicted octanol–water partition coefficient (Wildman–Crippen LogP) is 3.00. The minimum Gasteiger partial charge on any atom is -0.480 e. The maximum absolute atomic E-state index is 12.5. The van der Waals surface area contributed by atoms with Crippen molar-refractivity contribution in [3.8, 4) is 5.75 Å². The molecule has 0 aliphatic carbocycles. The Morgan fingerprint density at radius 3 is 3.04 bits per heavy atom. The van der Waals surface area contributed by atoms with Crippen LogP contribution in [0.4, 0.5) is 5.69 Å². The van der Waals surface area contributed by atoms with Crippen LogP contribution in [0, 0.1) is 0 Å². The second-order valence-corrected chi connectivity index (χ2v) is 5.64. The quantitative estimate of drug-likeness (QED) is 0.809. The number of nitrogens with one attached hydrogen (secondary N) is 1. The number of benzene rings is 2. The average Bonchev–Trinajstić information content (AvgIpc) is 3.18. The Morgan fingerprint density at radius 2 is 2.22 bits per heavy atom. The van der Waals surface area contributed by atoms with Crippen LogP contribution in [0.5, 0.6) is 5.75 Å². The van der Waals surface area contributed by atoms with E-state index in [-0.39, 0.29) is 5.91 Å². The highest BCUT2D eigenvalue weighted by atomic mass is 16.5. The molecule has 116 valence electrons. The van der Waals surface area contributed by atoms with Crippen molar-refractivity contribution < 1.29 is 9.53 Å². The summed E-state index contributed by atoms with van der Waals surface area (Å²) in [5.74, 6) is 0.676. The van der Waals surface area contributed by atoms with Crippen LogP contribution in [0.3, 0.4) is 0 Å². The van der Waals surface area contributed by atoms with Crippen LogP contribution in [0.25, 0.3) is 10.9 Å².